The topological polar surface area (TPSA) is 37.8 Å². The molecule has 0 spiro atoms. The van der Waals surface area contributed by atoms with Crippen LogP contribution >= 0.6 is 23.4 Å². The molecule has 0 aliphatic heterocycles. The van der Waals surface area contributed by atoms with Gasteiger partial charge in [-0.05, 0) is 55.6 Å². The van der Waals surface area contributed by atoms with E-state index in [9.17, 15) is 0 Å². The van der Waals surface area contributed by atoms with E-state index in [0.29, 0.717) is 0 Å². The Morgan fingerprint density at radius 2 is 2.17 bits per heavy atom. The Bertz CT molecular complexity index is 546. The van der Waals surface area contributed by atoms with Gasteiger partial charge in [-0.1, -0.05) is 11.6 Å². The highest BCUT2D eigenvalue weighted by Crippen LogP contribution is 2.29. The largest absolute Gasteiger partial charge is 0.316 e. The summed E-state index contributed by atoms with van der Waals surface area (Å²) in [4.78, 5) is 9.77. The third-order valence-electron chi connectivity index (χ3n) is 2.36. The minimum Gasteiger partial charge on any atom is -0.316 e. The van der Waals surface area contributed by atoms with Crippen LogP contribution in [-0.4, -0.2) is 17.0 Å². The minimum atomic E-state index is 0.745. The average Bonchev–Trinajstić information content (AvgIpc) is 2.33. The van der Waals surface area contributed by atoms with Crippen LogP contribution in [0, 0.1) is 6.92 Å². The molecule has 18 heavy (non-hydrogen) atoms. The van der Waals surface area contributed by atoms with E-state index in [2.05, 4.69) is 15.3 Å². The van der Waals surface area contributed by atoms with E-state index in [1.165, 1.54) is 0 Å². The van der Waals surface area contributed by atoms with Crippen LogP contribution in [0.25, 0.3) is 0 Å². The maximum absolute atomic E-state index is 6.01. The molecule has 94 valence electrons. The second-order valence-electron chi connectivity index (χ2n) is 3.87. The van der Waals surface area contributed by atoms with E-state index >= 15 is 0 Å². The zero-order valence-corrected chi connectivity index (χ0v) is 11.8. The first-order chi connectivity index (χ1) is 8.69. The zero-order valence-electron chi connectivity index (χ0n) is 10.3. The van der Waals surface area contributed by atoms with Crippen molar-refractivity contribution in [2.45, 2.75) is 23.5 Å². The third kappa shape index (κ3) is 3.45. The molecule has 0 amide bonds. The molecule has 1 aromatic heterocycles. The van der Waals surface area contributed by atoms with Gasteiger partial charge in [0.15, 0.2) is 5.16 Å². The fraction of sp³-hybridized carbons (Fsp3) is 0.231. The summed E-state index contributed by atoms with van der Waals surface area (Å²) in [5.41, 5.74) is 2.12. The van der Waals surface area contributed by atoms with Crippen LogP contribution in [-0.2, 0) is 6.54 Å². The van der Waals surface area contributed by atoms with E-state index in [1.807, 2.05) is 38.2 Å². The number of aromatic nitrogens is 2. The molecule has 1 aromatic carbocycles. The Morgan fingerprint density at radius 3 is 2.89 bits per heavy atom. The summed E-state index contributed by atoms with van der Waals surface area (Å²) in [5, 5.41) is 4.64. The molecule has 0 fully saturated rings. The van der Waals surface area contributed by atoms with Crippen molar-refractivity contribution in [3.8, 4) is 0 Å². The van der Waals surface area contributed by atoms with Gasteiger partial charge in [0, 0.05) is 28.4 Å². The molecule has 5 heteroatoms. The molecule has 0 unspecified atom stereocenters. The van der Waals surface area contributed by atoms with Gasteiger partial charge < -0.3 is 5.32 Å². The Kier molecular flexibility index (Phi) is 4.58. The lowest BCUT2D eigenvalue weighted by atomic mass is 10.2. The normalized spacial score (nSPS) is 10.6. The van der Waals surface area contributed by atoms with Gasteiger partial charge in [-0.15, -0.1) is 0 Å². The average molecular weight is 280 g/mol. The lowest BCUT2D eigenvalue weighted by Crippen LogP contribution is -2.06. The first-order valence-electron chi connectivity index (χ1n) is 5.59. The number of rotatable bonds is 4. The maximum atomic E-state index is 6.01. The molecule has 0 saturated heterocycles. The third-order valence-corrected chi connectivity index (χ3v) is 3.60. The number of nitrogens with one attached hydrogen (secondary N) is 1. The molecule has 2 rings (SSSR count). The van der Waals surface area contributed by atoms with Crippen LogP contribution in [0.1, 0.15) is 11.3 Å². The van der Waals surface area contributed by atoms with Crippen molar-refractivity contribution in [3.63, 3.8) is 0 Å². The van der Waals surface area contributed by atoms with Gasteiger partial charge in [0.05, 0.1) is 0 Å². The molecule has 0 saturated carbocycles. The summed E-state index contributed by atoms with van der Waals surface area (Å²) < 4.78 is 0. The second kappa shape index (κ2) is 6.18. The van der Waals surface area contributed by atoms with Crippen molar-refractivity contribution >= 4 is 23.4 Å². The summed E-state index contributed by atoms with van der Waals surface area (Å²) in [6.45, 7) is 2.73. The van der Waals surface area contributed by atoms with Gasteiger partial charge in [-0.3, -0.25) is 0 Å². The van der Waals surface area contributed by atoms with Crippen LogP contribution in [0.3, 0.4) is 0 Å². The smallest absolute Gasteiger partial charge is 0.192 e. The van der Waals surface area contributed by atoms with Gasteiger partial charge in [-0.25, -0.2) is 9.97 Å². The monoisotopic (exact) mass is 279 g/mol. The van der Waals surface area contributed by atoms with Crippen LogP contribution in [0.4, 0.5) is 0 Å². The van der Waals surface area contributed by atoms with Crippen LogP contribution in [0.5, 0.6) is 0 Å². The van der Waals surface area contributed by atoms with E-state index in [-0.39, 0.29) is 0 Å². The number of benzene rings is 1. The van der Waals surface area contributed by atoms with Crippen molar-refractivity contribution in [2.24, 2.45) is 0 Å². The van der Waals surface area contributed by atoms with E-state index in [4.69, 9.17) is 11.6 Å². The lowest BCUT2D eigenvalue weighted by Gasteiger charge is -2.08. The zero-order chi connectivity index (χ0) is 13.0. The second-order valence-corrected chi connectivity index (χ2v) is 5.31. The van der Waals surface area contributed by atoms with Crippen molar-refractivity contribution in [1.82, 2.24) is 15.3 Å². The summed E-state index contributed by atoms with van der Waals surface area (Å²) in [6.07, 6.45) is 1.78. The quantitative estimate of drug-likeness (QED) is 0.872. The highest BCUT2D eigenvalue weighted by molar-refractivity contribution is 7.99. The summed E-state index contributed by atoms with van der Waals surface area (Å²) in [5.74, 6) is 0. The molecular weight excluding hydrogens is 266 g/mol. The van der Waals surface area contributed by atoms with E-state index < -0.39 is 0 Å². The molecule has 3 nitrogen and oxygen atoms in total. The number of hydrogen-bond acceptors (Lipinski definition) is 4. The predicted octanol–water partition coefficient (Wildman–Crippen LogP) is 3.31. The standard InChI is InChI=1S/C13H14ClN3S/c1-9-5-6-16-13(17-9)18-12-4-3-11(14)7-10(12)8-15-2/h3-7,15H,8H2,1-2H3. The molecule has 0 bridgehead atoms. The van der Waals surface area contributed by atoms with Gasteiger partial charge in [0.2, 0.25) is 0 Å². The highest BCUT2D eigenvalue weighted by Gasteiger charge is 2.07. The van der Waals surface area contributed by atoms with Gasteiger partial charge in [0.25, 0.3) is 0 Å². The molecule has 1 heterocycles. The summed E-state index contributed by atoms with van der Waals surface area (Å²) in [6, 6.07) is 7.75. The Hall–Kier alpha value is -1.10. The maximum Gasteiger partial charge on any atom is 0.192 e. The van der Waals surface area contributed by atoms with Crippen LogP contribution in [0.2, 0.25) is 5.02 Å². The number of aryl methyl sites for hydroxylation is 1. The summed E-state index contributed by atoms with van der Waals surface area (Å²) >= 11 is 7.57. The Balaban J connectivity index is 2.28. The number of nitrogens with zero attached hydrogens (tertiary/aromatic N) is 2. The molecular formula is C13H14ClN3S. The van der Waals surface area contributed by atoms with Crippen molar-refractivity contribution in [2.75, 3.05) is 7.05 Å². The summed E-state index contributed by atoms with van der Waals surface area (Å²) in [7, 11) is 1.92. The number of hydrogen-bond donors (Lipinski definition) is 1. The minimum absolute atomic E-state index is 0.745. The molecule has 2 aromatic rings. The Morgan fingerprint density at radius 1 is 1.33 bits per heavy atom. The van der Waals surface area contributed by atoms with E-state index in [1.54, 1.807) is 18.0 Å². The van der Waals surface area contributed by atoms with Gasteiger partial charge >= 0.3 is 0 Å². The van der Waals surface area contributed by atoms with Crippen molar-refractivity contribution in [1.29, 1.82) is 0 Å². The van der Waals surface area contributed by atoms with Crippen molar-refractivity contribution < 1.29 is 0 Å². The molecule has 0 aliphatic carbocycles. The van der Waals surface area contributed by atoms with E-state index in [0.717, 1.165) is 32.9 Å². The molecule has 0 atom stereocenters. The van der Waals surface area contributed by atoms with Gasteiger partial charge in [-0.2, -0.15) is 0 Å². The fourth-order valence-corrected chi connectivity index (χ4v) is 2.64. The van der Waals surface area contributed by atoms with Crippen LogP contribution in [0.15, 0.2) is 40.5 Å². The molecule has 1 N–H and O–H groups in total. The first kappa shape index (κ1) is 13.3. The fourth-order valence-electron chi connectivity index (χ4n) is 1.55. The SMILES string of the molecule is CNCc1cc(Cl)ccc1Sc1nccc(C)n1. The van der Waals surface area contributed by atoms with Crippen molar-refractivity contribution in [3.05, 3.63) is 46.7 Å². The Labute approximate surface area is 116 Å². The number of halogens is 1. The predicted molar refractivity (Wildman–Crippen MR) is 75.1 cm³/mol. The highest BCUT2D eigenvalue weighted by atomic mass is 35.5. The molecule has 0 aliphatic rings. The first-order valence-corrected chi connectivity index (χ1v) is 6.79. The molecule has 0 radical (unpaired) electrons. The lowest BCUT2D eigenvalue weighted by molar-refractivity contribution is 0.802. The van der Waals surface area contributed by atoms with Gasteiger partial charge in [0.1, 0.15) is 0 Å². The van der Waals surface area contributed by atoms with Crippen LogP contribution < -0.4 is 5.32 Å².